The summed E-state index contributed by atoms with van der Waals surface area (Å²) < 4.78 is 54.8. The van der Waals surface area contributed by atoms with E-state index in [-0.39, 0.29) is 6.61 Å². The van der Waals surface area contributed by atoms with Crippen LogP contribution in [0.25, 0.3) is 0 Å². The highest BCUT2D eigenvalue weighted by atomic mass is 16.8. The lowest BCUT2D eigenvalue weighted by Gasteiger charge is -2.47. The summed E-state index contributed by atoms with van der Waals surface area (Å²) in [5.74, 6) is -5.53. The van der Waals surface area contributed by atoms with Crippen LogP contribution >= 0.6 is 0 Å². The zero-order chi connectivity index (χ0) is 32.4. The molecule has 0 spiro atoms. The van der Waals surface area contributed by atoms with Crippen molar-refractivity contribution in [2.24, 2.45) is 0 Å². The molecule has 2 saturated heterocycles. The van der Waals surface area contributed by atoms with Gasteiger partial charge in [0, 0.05) is 48.5 Å². The largest absolute Gasteiger partial charge is 0.463 e. The molecule has 43 heavy (non-hydrogen) atoms. The molecular weight excluding hydrogens is 584 g/mol. The number of carbonyl (C=O) groups excluding carboxylic acids is 7. The zero-order valence-electron chi connectivity index (χ0n) is 24.8. The molecule has 2 heterocycles. The van der Waals surface area contributed by atoms with Gasteiger partial charge in [0.1, 0.15) is 31.5 Å². The Bertz CT molecular complexity index is 1060. The van der Waals surface area contributed by atoms with Gasteiger partial charge in [0.15, 0.2) is 36.8 Å². The molecule has 0 N–H and O–H groups in total. The Morgan fingerprint density at radius 3 is 1.44 bits per heavy atom. The first-order chi connectivity index (χ1) is 20.1. The maximum absolute atomic E-state index is 12.2. The molecule has 0 bridgehead atoms. The van der Waals surface area contributed by atoms with E-state index in [1.54, 1.807) is 0 Å². The van der Waals surface area contributed by atoms with Gasteiger partial charge in [-0.25, -0.2) is 0 Å². The topological polar surface area (TPSA) is 212 Å². The van der Waals surface area contributed by atoms with Crippen molar-refractivity contribution in [2.75, 3.05) is 19.8 Å². The second-order valence-corrected chi connectivity index (χ2v) is 9.56. The molecule has 2 aliphatic rings. The van der Waals surface area contributed by atoms with E-state index in [9.17, 15) is 33.6 Å². The highest BCUT2D eigenvalue weighted by Crippen LogP contribution is 2.33. The fraction of sp³-hybridized carbons (Fsp3) is 0.731. The molecule has 2 aliphatic heterocycles. The Hall–Kier alpha value is -3.83. The minimum atomic E-state index is -1.71. The Balaban J connectivity index is 2.62. The van der Waals surface area contributed by atoms with Gasteiger partial charge in [0.25, 0.3) is 0 Å². The highest BCUT2D eigenvalue weighted by Gasteiger charge is 2.56. The average Bonchev–Trinajstić information content (AvgIpc) is 2.86. The van der Waals surface area contributed by atoms with Gasteiger partial charge < -0.3 is 47.4 Å². The lowest BCUT2D eigenvalue weighted by Crippen LogP contribution is -2.66. The van der Waals surface area contributed by atoms with Gasteiger partial charge in [-0.1, -0.05) is 0 Å². The van der Waals surface area contributed by atoms with E-state index < -0.39 is 110 Å². The van der Waals surface area contributed by atoms with Crippen LogP contribution in [0.5, 0.6) is 0 Å². The molecule has 0 aromatic carbocycles. The van der Waals surface area contributed by atoms with Crippen LogP contribution in [0, 0.1) is 0 Å². The second kappa shape index (κ2) is 16.1. The van der Waals surface area contributed by atoms with Crippen molar-refractivity contribution in [3.05, 3.63) is 0 Å². The predicted octanol–water partition coefficient (Wildman–Crippen LogP) is -0.720. The van der Waals surface area contributed by atoms with Gasteiger partial charge in [-0.05, 0) is 0 Å². The smallest absolute Gasteiger partial charge is 0.303 e. The quantitative estimate of drug-likeness (QED) is 0.206. The zero-order valence-corrected chi connectivity index (χ0v) is 24.8. The van der Waals surface area contributed by atoms with Gasteiger partial charge in [0.05, 0.1) is 6.61 Å². The Morgan fingerprint density at radius 1 is 0.512 bits per heavy atom. The summed E-state index contributed by atoms with van der Waals surface area (Å²) in [5.41, 5.74) is 0. The summed E-state index contributed by atoms with van der Waals surface area (Å²) in [7, 11) is 0. The van der Waals surface area contributed by atoms with Crippen molar-refractivity contribution in [3.8, 4) is 0 Å². The van der Waals surface area contributed by atoms with Gasteiger partial charge in [-0.3, -0.25) is 33.6 Å². The van der Waals surface area contributed by atoms with Crippen molar-refractivity contribution >= 4 is 41.8 Å². The Morgan fingerprint density at radius 2 is 0.953 bits per heavy atom. The summed E-state index contributed by atoms with van der Waals surface area (Å²) in [6.45, 7) is 6.37. The standard InChI is InChI=1S/C26H36O17/c1-11(27)34-8-18-21(22(38-14(4)30)19(10-36-18)37-13(3)29)43-26-25(41-17(7)33)24(40-16(6)32)23(39-15(5)31)20(42-26)9-35-12(2)28/h18-26H,8-10H2,1-7H3/t18-,19+,20-,21-,22-,23-,24+,25-,26+/m1/s1. The first kappa shape index (κ1) is 35.4. The minimum absolute atomic E-state index is 0.290. The first-order valence-corrected chi connectivity index (χ1v) is 13.1. The van der Waals surface area contributed by atoms with Gasteiger partial charge in [0.2, 0.25) is 0 Å². The van der Waals surface area contributed by atoms with Crippen molar-refractivity contribution in [3.63, 3.8) is 0 Å². The summed E-state index contributed by atoms with van der Waals surface area (Å²) in [4.78, 5) is 83.3. The molecule has 0 saturated carbocycles. The molecule has 2 rings (SSSR count). The van der Waals surface area contributed by atoms with Crippen molar-refractivity contribution in [2.45, 2.75) is 104 Å². The first-order valence-electron chi connectivity index (χ1n) is 13.1. The molecular formula is C26H36O17. The van der Waals surface area contributed by atoms with Crippen LogP contribution in [-0.2, 0) is 80.9 Å². The van der Waals surface area contributed by atoms with Crippen LogP contribution in [-0.4, -0.2) is 117 Å². The third-order valence-corrected chi connectivity index (χ3v) is 5.84. The predicted molar refractivity (Wildman–Crippen MR) is 134 cm³/mol. The lowest BCUT2D eigenvalue weighted by molar-refractivity contribution is -0.340. The number of hydrogen-bond donors (Lipinski definition) is 0. The van der Waals surface area contributed by atoms with Crippen molar-refractivity contribution in [1.29, 1.82) is 0 Å². The maximum Gasteiger partial charge on any atom is 0.303 e. The molecule has 242 valence electrons. The number of esters is 7. The molecule has 0 amide bonds. The van der Waals surface area contributed by atoms with Crippen LogP contribution in [0.2, 0.25) is 0 Å². The van der Waals surface area contributed by atoms with E-state index in [1.165, 1.54) is 0 Å². The summed E-state index contributed by atoms with van der Waals surface area (Å²) in [5, 5.41) is 0. The maximum atomic E-state index is 12.2. The third kappa shape index (κ3) is 11.1. The van der Waals surface area contributed by atoms with E-state index >= 15 is 0 Å². The molecule has 2 fully saturated rings. The van der Waals surface area contributed by atoms with E-state index in [1.807, 2.05) is 0 Å². The normalized spacial score (nSPS) is 30.2. The lowest BCUT2D eigenvalue weighted by atomic mass is 9.96. The van der Waals surface area contributed by atoms with Gasteiger partial charge in [-0.2, -0.15) is 0 Å². The van der Waals surface area contributed by atoms with Crippen LogP contribution in [0.1, 0.15) is 48.5 Å². The minimum Gasteiger partial charge on any atom is -0.463 e. The van der Waals surface area contributed by atoms with Gasteiger partial charge in [-0.15, -0.1) is 0 Å². The van der Waals surface area contributed by atoms with E-state index in [0.29, 0.717) is 0 Å². The van der Waals surface area contributed by atoms with Crippen molar-refractivity contribution < 1.29 is 80.9 Å². The molecule has 0 aromatic heterocycles. The number of carbonyl (C=O) groups is 7. The van der Waals surface area contributed by atoms with E-state index in [2.05, 4.69) is 0 Å². The fourth-order valence-electron chi connectivity index (χ4n) is 4.44. The second-order valence-electron chi connectivity index (χ2n) is 9.56. The number of ether oxygens (including phenoxy) is 10. The average molecular weight is 621 g/mol. The third-order valence-electron chi connectivity index (χ3n) is 5.84. The summed E-state index contributed by atoms with van der Waals surface area (Å²) >= 11 is 0. The molecule has 9 atom stereocenters. The number of rotatable bonds is 11. The highest BCUT2D eigenvalue weighted by molar-refractivity contribution is 5.69. The fourth-order valence-corrected chi connectivity index (χ4v) is 4.44. The van der Waals surface area contributed by atoms with Crippen LogP contribution in [0.15, 0.2) is 0 Å². The van der Waals surface area contributed by atoms with Crippen LogP contribution < -0.4 is 0 Å². The summed E-state index contributed by atoms with van der Waals surface area (Å²) in [6, 6.07) is 0. The van der Waals surface area contributed by atoms with E-state index in [0.717, 1.165) is 48.5 Å². The van der Waals surface area contributed by atoms with Crippen LogP contribution in [0.3, 0.4) is 0 Å². The Kier molecular flexibility index (Phi) is 13.3. The van der Waals surface area contributed by atoms with Crippen LogP contribution in [0.4, 0.5) is 0 Å². The molecule has 0 radical (unpaired) electrons. The molecule has 0 unspecified atom stereocenters. The van der Waals surface area contributed by atoms with E-state index in [4.69, 9.17) is 47.4 Å². The van der Waals surface area contributed by atoms with Gasteiger partial charge >= 0.3 is 41.8 Å². The number of hydrogen-bond acceptors (Lipinski definition) is 17. The molecule has 0 aromatic rings. The molecule has 17 nitrogen and oxygen atoms in total. The van der Waals surface area contributed by atoms with Crippen molar-refractivity contribution in [1.82, 2.24) is 0 Å². The monoisotopic (exact) mass is 620 g/mol. The summed E-state index contributed by atoms with van der Waals surface area (Å²) in [6.07, 6.45) is -12.9. The SMILES string of the molecule is CC(=O)OC[C@H]1O[C@@H](O[C@H]2[C@H](OC(C)=O)[C@@H](OC(C)=O)CO[C@@H]2COC(C)=O)[C@H](OC(C)=O)[C@@H](OC(C)=O)[C@@H]1OC(C)=O. The Labute approximate surface area is 246 Å². The molecule has 17 heteroatoms. The molecule has 0 aliphatic carbocycles.